The van der Waals surface area contributed by atoms with Crippen molar-refractivity contribution in [3.63, 3.8) is 0 Å². The summed E-state index contributed by atoms with van der Waals surface area (Å²) >= 11 is 0. The lowest BCUT2D eigenvalue weighted by Crippen LogP contribution is -2.44. The van der Waals surface area contributed by atoms with Crippen LogP contribution in [0.4, 0.5) is 0 Å². The van der Waals surface area contributed by atoms with E-state index >= 15 is 0 Å². The van der Waals surface area contributed by atoms with E-state index < -0.39 is 0 Å². The van der Waals surface area contributed by atoms with Crippen molar-refractivity contribution < 1.29 is 9.53 Å². The average molecular weight is 305 g/mol. The molecule has 0 radical (unpaired) electrons. The number of hydrogen-bond donors (Lipinski definition) is 1. The molecule has 1 saturated carbocycles. The monoisotopic (exact) mass is 305 g/mol. The van der Waals surface area contributed by atoms with Gasteiger partial charge in [0.05, 0.1) is 24.9 Å². The van der Waals surface area contributed by atoms with Gasteiger partial charge in [0.1, 0.15) is 6.04 Å². The minimum atomic E-state index is -0.222. The smallest absolute Gasteiger partial charge is 0.267 e. The zero-order chi connectivity index (χ0) is 15.5. The standard InChI is InChI=1S/C16H23N3O3/c1-11-6-7-16(21)19(18-11)14-10-22-9-13(14)17-15(20)8-12-4-2-3-5-12/h6-7,12-14H,2-5,8-10H2,1H3,(H,17,20). The molecule has 3 rings (SSSR count). The third-order valence-electron chi connectivity index (χ3n) is 4.62. The average Bonchev–Trinajstić information content (AvgIpc) is 3.13. The van der Waals surface area contributed by atoms with E-state index in [1.54, 1.807) is 6.07 Å². The van der Waals surface area contributed by atoms with Gasteiger partial charge in [0.2, 0.25) is 5.91 Å². The highest BCUT2D eigenvalue weighted by Gasteiger charge is 2.33. The van der Waals surface area contributed by atoms with Gasteiger partial charge in [0, 0.05) is 12.5 Å². The molecule has 2 heterocycles. The third-order valence-corrected chi connectivity index (χ3v) is 4.62. The summed E-state index contributed by atoms with van der Waals surface area (Å²) < 4.78 is 6.92. The maximum Gasteiger partial charge on any atom is 0.267 e. The molecule has 6 heteroatoms. The van der Waals surface area contributed by atoms with Crippen molar-refractivity contribution in [1.29, 1.82) is 0 Å². The van der Waals surface area contributed by atoms with Crippen LogP contribution in [-0.4, -0.2) is 34.9 Å². The molecule has 1 amide bonds. The van der Waals surface area contributed by atoms with Gasteiger partial charge in [-0.2, -0.15) is 5.10 Å². The number of carbonyl (C=O) groups is 1. The Kier molecular flexibility index (Phi) is 4.57. The highest BCUT2D eigenvalue weighted by molar-refractivity contribution is 5.76. The lowest BCUT2D eigenvalue weighted by atomic mass is 10.0. The zero-order valence-corrected chi connectivity index (χ0v) is 13.0. The van der Waals surface area contributed by atoms with Crippen LogP contribution in [0.15, 0.2) is 16.9 Å². The second-order valence-electron chi connectivity index (χ2n) is 6.39. The first-order chi connectivity index (χ1) is 10.6. The molecule has 0 bridgehead atoms. The minimum Gasteiger partial charge on any atom is -0.377 e. The van der Waals surface area contributed by atoms with E-state index in [2.05, 4.69) is 10.4 Å². The number of aromatic nitrogens is 2. The highest BCUT2D eigenvalue weighted by Crippen LogP contribution is 2.27. The molecule has 2 atom stereocenters. The van der Waals surface area contributed by atoms with E-state index in [9.17, 15) is 9.59 Å². The van der Waals surface area contributed by atoms with Gasteiger partial charge in [0.15, 0.2) is 0 Å². The van der Waals surface area contributed by atoms with Crippen LogP contribution >= 0.6 is 0 Å². The Balaban J connectivity index is 1.66. The van der Waals surface area contributed by atoms with Gasteiger partial charge in [-0.1, -0.05) is 12.8 Å². The van der Waals surface area contributed by atoms with Gasteiger partial charge in [0.25, 0.3) is 5.56 Å². The van der Waals surface area contributed by atoms with Crippen LogP contribution in [0.2, 0.25) is 0 Å². The Morgan fingerprint density at radius 2 is 2.14 bits per heavy atom. The normalized spacial score (nSPS) is 25.5. The summed E-state index contributed by atoms with van der Waals surface area (Å²) in [7, 11) is 0. The van der Waals surface area contributed by atoms with Crippen molar-refractivity contribution in [2.45, 2.75) is 51.1 Å². The third kappa shape index (κ3) is 3.38. The van der Waals surface area contributed by atoms with Gasteiger partial charge >= 0.3 is 0 Å². The predicted molar refractivity (Wildman–Crippen MR) is 81.6 cm³/mol. The van der Waals surface area contributed by atoms with Gasteiger partial charge < -0.3 is 10.1 Å². The molecular weight excluding hydrogens is 282 g/mol. The Morgan fingerprint density at radius 3 is 2.91 bits per heavy atom. The second kappa shape index (κ2) is 6.60. The summed E-state index contributed by atoms with van der Waals surface area (Å²) in [5, 5.41) is 7.33. The Bertz CT molecular complexity index is 593. The first-order valence-electron chi connectivity index (χ1n) is 8.07. The maximum absolute atomic E-state index is 12.2. The first kappa shape index (κ1) is 15.2. The molecule has 6 nitrogen and oxygen atoms in total. The molecule has 2 aliphatic rings. The number of carbonyl (C=O) groups excluding carboxylic acids is 1. The van der Waals surface area contributed by atoms with Crippen LogP contribution in [0.5, 0.6) is 0 Å². The van der Waals surface area contributed by atoms with Gasteiger partial charge in [-0.25, -0.2) is 4.68 Å². The molecule has 2 fully saturated rings. The van der Waals surface area contributed by atoms with Crippen LogP contribution in [0, 0.1) is 12.8 Å². The number of rotatable bonds is 4. The number of ether oxygens (including phenoxy) is 1. The van der Waals surface area contributed by atoms with Crippen LogP contribution in [0.25, 0.3) is 0 Å². The first-order valence-corrected chi connectivity index (χ1v) is 8.07. The van der Waals surface area contributed by atoms with Crippen LogP contribution in [0.1, 0.15) is 43.8 Å². The molecule has 22 heavy (non-hydrogen) atoms. The van der Waals surface area contributed by atoms with Crippen LogP contribution < -0.4 is 10.9 Å². The summed E-state index contributed by atoms with van der Waals surface area (Å²) in [6.45, 7) is 2.69. The van der Waals surface area contributed by atoms with Gasteiger partial charge in [-0.15, -0.1) is 0 Å². The number of nitrogens with one attached hydrogen (secondary N) is 1. The molecule has 1 aliphatic heterocycles. The molecule has 1 N–H and O–H groups in total. The summed E-state index contributed by atoms with van der Waals surface area (Å²) in [6, 6.07) is 2.81. The Labute approximate surface area is 129 Å². The second-order valence-corrected chi connectivity index (χ2v) is 6.39. The van der Waals surface area contributed by atoms with Crippen molar-refractivity contribution in [3.8, 4) is 0 Å². The summed E-state index contributed by atoms with van der Waals surface area (Å²) in [5.41, 5.74) is 0.624. The molecule has 1 aromatic rings. The number of aryl methyl sites for hydroxylation is 1. The van der Waals surface area contributed by atoms with Crippen LogP contribution in [-0.2, 0) is 9.53 Å². The molecule has 2 unspecified atom stereocenters. The van der Waals surface area contributed by atoms with E-state index in [0.717, 1.165) is 18.5 Å². The zero-order valence-electron chi connectivity index (χ0n) is 13.0. The van der Waals surface area contributed by atoms with Gasteiger partial charge in [-0.05, 0) is 31.7 Å². The Hall–Kier alpha value is -1.69. The quantitative estimate of drug-likeness (QED) is 0.907. The van der Waals surface area contributed by atoms with Crippen molar-refractivity contribution in [3.05, 3.63) is 28.2 Å². The van der Waals surface area contributed by atoms with Crippen molar-refractivity contribution in [2.75, 3.05) is 13.2 Å². The topological polar surface area (TPSA) is 73.2 Å². The molecule has 1 saturated heterocycles. The van der Waals surface area contributed by atoms with E-state index in [1.165, 1.54) is 23.6 Å². The van der Waals surface area contributed by atoms with Crippen LogP contribution in [0.3, 0.4) is 0 Å². The fourth-order valence-electron chi connectivity index (χ4n) is 3.42. The number of amides is 1. The number of hydrogen-bond acceptors (Lipinski definition) is 4. The van der Waals surface area contributed by atoms with E-state index in [4.69, 9.17) is 4.74 Å². The van der Waals surface area contributed by atoms with Gasteiger partial charge in [-0.3, -0.25) is 9.59 Å². The van der Waals surface area contributed by atoms with Crippen molar-refractivity contribution >= 4 is 5.91 Å². The molecule has 1 aliphatic carbocycles. The van der Waals surface area contributed by atoms with E-state index in [1.807, 2.05) is 6.92 Å². The molecule has 0 spiro atoms. The minimum absolute atomic E-state index is 0.0631. The number of nitrogens with zero attached hydrogens (tertiary/aromatic N) is 2. The van der Waals surface area contributed by atoms with Crippen molar-refractivity contribution in [1.82, 2.24) is 15.1 Å². The Morgan fingerprint density at radius 1 is 1.36 bits per heavy atom. The lowest BCUT2D eigenvalue weighted by Gasteiger charge is -2.21. The maximum atomic E-state index is 12.2. The van der Waals surface area contributed by atoms with E-state index in [-0.39, 0.29) is 23.6 Å². The molecule has 120 valence electrons. The highest BCUT2D eigenvalue weighted by atomic mass is 16.5. The largest absolute Gasteiger partial charge is 0.377 e. The lowest BCUT2D eigenvalue weighted by molar-refractivity contribution is -0.122. The molecule has 0 aromatic carbocycles. The fraction of sp³-hybridized carbons (Fsp3) is 0.688. The fourth-order valence-corrected chi connectivity index (χ4v) is 3.42. The summed E-state index contributed by atoms with van der Waals surface area (Å²) in [6.07, 6.45) is 5.35. The SMILES string of the molecule is Cc1ccc(=O)n(C2COCC2NC(=O)CC2CCCC2)n1. The van der Waals surface area contributed by atoms with E-state index in [0.29, 0.717) is 25.6 Å². The summed E-state index contributed by atoms with van der Waals surface area (Å²) in [4.78, 5) is 24.2. The predicted octanol–water partition coefficient (Wildman–Crippen LogP) is 1.19. The molecular formula is C16H23N3O3. The van der Waals surface area contributed by atoms with Crippen molar-refractivity contribution in [2.24, 2.45) is 5.92 Å². The molecule has 1 aromatic heterocycles. The summed E-state index contributed by atoms with van der Waals surface area (Å²) in [5.74, 6) is 0.577.